The van der Waals surface area contributed by atoms with Crippen molar-refractivity contribution in [3.8, 4) is 0 Å². The fourth-order valence-electron chi connectivity index (χ4n) is 2.31. The lowest BCUT2D eigenvalue weighted by atomic mass is 10.2. The van der Waals surface area contributed by atoms with Gasteiger partial charge in [-0.05, 0) is 17.7 Å². The lowest BCUT2D eigenvalue weighted by Crippen LogP contribution is -2.33. The van der Waals surface area contributed by atoms with E-state index in [0.29, 0.717) is 6.61 Å². The summed E-state index contributed by atoms with van der Waals surface area (Å²) in [5, 5.41) is -0.0205. The molecule has 0 spiro atoms. The Labute approximate surface area is 128 Å². The number of amides is 1. The van der Waals surface area contributed by atoms with E-state index >= 15 is 0 Å². The van der Waals surface area contributed by atoms with E-state index in [1.54, 1.807) is 18.0 Å². The van der Waals surface area contributed by atoms with Crippen molar-refractivity contribution in [3.05, 3.63) is 60.1 Å². The van der Waals surface area contributed by atoms with E-state index in [-0.39, 0.29) is 17.9 Å². The van der Waals surface area contributed by atoms with Crippen molar-refractivity contribution < 1.29 is 13.9 Å². The van der Waals surface area contributed by atoms with Crippen LogP contribution in [0.3, 0.4) is 0 Å². The Morgan fingerprint density at radius 2 is 2.14 bits per heavy atom. The van der Waals surface area contributed by atoms with Crippen molar-refractivity contribution in [3.63, 3.8) is 0 Å². The van der Waals surface area contributed by atoms with Crippen molar-refractivity contribution in [2.75, 3.05) is 18.9 Å². The molecular formula is C16H17NO3S. The third-order valence-electron chi connectivity index (χ3n) is 3.33. The molecule has 5 heteroatoms. The third-order valence-corrected chi connectivity index (χ3v) is 4.56. The molecule has 2 heterocycles. The molecule has 21 heavy (non-hydrogen) atoms. The first-order chi connectivity index (χ1) is 10.3. The molecule has 1 aliphatic heterocycles. The number of carbonyl (C=O) groups excluding carboxylic acids is 1. The molecule has 0 radical (unpaired) electrons. The molecule has 1 fully saturated rings. The molecule has 0 N–H and O–H groups in total. The molecule has 110 valence electrons. The van der Waals surface area contributed by atoms with Crippen LogP contribution in [0, 0.1) is 0 Å². The van der Waals surface area contributed by atoms with Gasteiger partial charge in [0.25, 0.3) is 0 Å². The van der Waals surface area contributed by atoms with Crippen LogP contribution in [0.2, 0.25) is 0 Å². The number of thioether (sulfide) groups is 1. The van der Waals surface area contributed by atoms with Crippen LogP contribution in [-0.2, 0) is 16.1 Å². The Hall–Kier alpha value is -1.72. The number of rotatable bonds is 5. The number of hydrogen-bond acceptors (Lipinski definition) is 4. The maximum absolute atomic E-state index is 12.3. The van der Waals surface area contributed by atoms with E-state index in [9.17, 15) is 4.79 Å². The second-order valence-corrected chi connectivity index (χ2v) is 5.99. The Kier molecular flexibility index (Phi) is 4.62. The van der Waals surface area contributed by atoms with Crippen molar-refractivity contribution in [2.24, 2.45) is 0 Å². The van der Waals surface area contributed by atoms with Gasteiger partial charge in [-0.2, -0.15) is 0 Å². The van der Waals surface area contributed by atoms with E-state index in [2.05, 4.69) is 0 Å². The smallest absolute Gasteiger partial charge is 0.249 e. The summed E-state index contributed by atoms with van der Waals surface area (Å²) in [7, 11) is 0. The van der Waals surface area contributed by atoms with E-state index in [1.807, 2.05) is 47.4 Å². The van der Waals surface area contributed by atoms with Crippen LogP contribution >= 0.6 is 11.8 Å². The van der Waals surface area contributed by atoms with Gasteiger partial charge in [-0.3, -0.25) is 4.79 Å². The number of benzene rings is 1. The predicted octanol–water partition coefficient (Wildman–Crippen LogP) is 3.07. The summed E-state index contributed by atoms with van der Waals surface area (Å²) >= 11 is 1.72. The molecule has 4 nitrogen and oxygen atoms in total. The van der Waals surface area contributed by atoms with E-state index < -0.39 is 0 Å². The van der Waals surface area contributed by atoms with Crippen LogP contribution in [0.4, 0.5) is 0 Å². The summed E-state index contributed by atoms with van der Waals surface area (Å²) in [6.07, 6.45) is 1.64. The molecule has 0 aliphatic carbocycles. The van der Waals surface area contributed by atoms with Gasteiger partial charge in [-0.15, -0.1) is 11.8 Å². The van der Waals surface area contributed by atoms with Crippen molar-refractivity contribution >= 4 is 17.7 Å². The lowest BCUT2D eigenvalue weighted by Gasteiger charge is -2.22. The van der Waals surface area contributed by atoms with Crippen molar-refractivity contribution in [1.82, 2.24) is 4.90 Å². The molecule has 0 bridgehead atoms. The standard InChI is InChI=1S/C16H17NO3S/c18-15(12-19-11-13-5-2-1-3-6-13)17-8-10-21-16(17)14-7-4-9-20-14/h1-7,9,16H,8,10-12H2/t16-/m1/s1. The van der Waals surface area contributed by atoms with E-state index in [4.69, 9.17) is 9.15 Å². The second-order valence-electron chi connectivity index (χ2n) is 4.80. The molecule has 2 aromatic rings. The maximum Gasteiger partial charge on any atom is 0.249 e. The quantitative estimate of drug-likeness (QED) is 0.851. The molecule has 3 rings (SSSR count). The zero-order valence-corrected chi connectivity index (χ0v) is 12.4. The van der Waals surface area contributed by atoms with Crippen molar-refractivity contribution in [1.29, 1.82) is 0 Å². The highest BCUT2D eigenvalue weighted by Gasteiger charge is 2.32. The topological polar surface area (TPSA) is 42.7 Å². The number of hydrogen-bond donors (Lipinski definition) is 0. The van der Waals surface area contributed by atoms with Gasteiger partial charge in [0, 0.05) is 12.3 Å². The summed E-state index contributed by atoms with van der Waals surface area (Å²) in [4.78, 5) is 14.1. The first kappa shape index (κ1) is 14.2. The first-order valence-corrected chi connectivity index (χ1v) is 7.95. The summed E-state index contributed by atoms with van der Waals surface area (Å²) in [6.45, 7) is 1.30. The summed E-state index contributed by atoms with van der Waals surface area (Å²) in [5.41, 5.74) is 1.07. The van der Waals surface area contributed by atoms with Gasteiger partial charge in [0.2, 0.25) is 5.91 Å². The minimum absolute atomic E-state index is 0.0114. The number of carbonyl (C=O) groups is 1. The summed E-state index contributed by atoms with van der Waals surface area (Å²) < 4.78 is 10.9. The minimum Gasteiger partial charge on any atom is -0.466 e. The average molecular weight is 303 g/mol. The fourth-order valence-corrected chi connectivity index (χ4v) is 3.53. The number of ether oxygens (including phenoxy) is 1. The third kappa shape index (κ3) is 3.49. The largest absolute Gasteiger partial charge is 0.466 e. The van der Waals surface area contributed by atoms with Gasteiger partial charge in [0.05, 0.1) is 12.9 Å². The Morgan fingerprint density at radius 3 is 2.90 bits per heavy atom. The molecule has 1 atom stereocenters. The summed E-state index contributed by atoms with van der Waals surface area (Å²) in [6, 6.07) is 13.6. The molecule has 1 amide bonds. The Morgan fingerprint density at radius 1 is 1.29 bits per heavy atom. The maximum atomic E-state index is 12.3. The molecular weight excluding hydrogens is 286 g/mol. The zero-order valence-electron chi connectivity index (χ0n) is 11.6. The van der Waals surface area contributed by atoms with Crippen LogP contribution in [0.15, 0.2) is 53.1 Å². The molecule has 0 saturated carbocycles. The Balaban J connectivity index is 1.53. The second kappa shape index (κ2) is 6.83. The summed E-state index contributed by atoms with van der Waals surface area (Å²) in [5.74, 6) is 1.77. The van der Waals surface area contributed by atoms with E-state index in [0.717, 1.165) is 23.6 Å². The number of nitrogens with zero attached hydrogens (tertiary/aromatic N) is 1. The van der Waals surface area contributed by atoms with Gasteiger partial charge in [-0.1, -0.05) is 30.3 Å². The first-order valence-electron chi connectivity index (χ1n) is 6.91. The van der Waals surface area contributed by atoms with Crippen LogP contribution < -0.4 is 0 Å². The Bertz CT molecular complexity index is 570. The van der Waals surface area contributed by atoms with E-state index in [1.165, 1.54) is 0 Å². The molecule has 1 aliphatic rings. The molecule has 1 aromatic carbocycles. The normalized spacial score (nSPS) is 18.1. The zero-order chi connectivity index (χ0) is 14.5. The van der Waals surface area contributed by atoms with Gasteiger partial charge in [0.15, 0.2) is 0 Å². The lowest BCUT2D eigenvalue weighted by molar-refractivity contribution is -0.136. The van der Waals surface area contributed by atoms with Crippen molar-refractivity contribution in [2.45, 2.75) is 12.0 Å². The van der Waals surface area contributed by atoms with Gasteiger partial charge in [0.1, 0.15) is 17.7 Å². The predicted molar refractivity (Wildman–Crippen MR) is 81.7 cm³/mol. The van der Waals surface area contributed by atoms with Crippen LogP contribution in [-0.4, -0.2) is 29.7 Å². The molecule has 1 aromatic heterocycles. The molecule has 1 saturated heterocycles. The highest BCUT2D eigenvalue weighted by molar-refractivity contribution is 7.99. The number of furan rings is 1. The monoisotopic (exact) mass is 303 g/mol. The average Bonchev–Trinajstić information content (AvgIpc) is 3.19. The molecule has 0 unspecified atom stereocenters. The SMILES string of the molecule is O=C(COCc1ccccc1)N1CCS[C@@H]1c1ccco1. The van der Waals surface area contributed by atoms with Gasteiger partial charge in [-0.25, -0.2) is 0 Å². The van der Waals surface area contributed by atoms with Crippen LogP contribution in [0.25, 0.3) is 0 Å². The highest BCUT2D eigenvalue weighted by atomic mass is 32.2. The van der Waals surface area contributed by atoms with Crippen LogP contribution in [0.1, 0.15) is 16.7 Å². The highest BCUT2D eigenvalue weighted by Crippen LogP contribution is 2.37. The van der Waals surface area contributed by atoms with Gasteiger partial charge >= 0.3 is 0 Å². The van der Waals surface area contributed by atoms with Crippen LogP contribution in [0.5, 0.6) is 0 Å². The van der Waals surface area contributed by atoms with Gasteiger partial charge < -0.3 is 14.1 Å². The minimum atomic E-state index is -0.0205. The fraction of sp³-hybridized carbons (Fsp3) is 0.312.